The van der Waals surface area contributed by atoms with Gasteiger partial charge in [0.15, 0.2) is 0 Å². The highest BCUT2D eigenvalue weighted by atomic mass is 14.8. The van der Waals surface area contributed by atoms with Gasteiger partial charge in [0.25, 0.3) is 0 Å². The van der Waals surface area contributed by atoms with Crippen molar-refractivity contribution in [3.63, 3.8) is 0 Å². The van der Waals surface area contributed by atoms with Crippen molar-refractivity contribution in [2.24, 2.45) is 4.99 Å². The van der Waals surface area contributed by atoms with E-state index in [0.29, 0.717) is 0 Å². The Balaban J connectivity index is 2.44. The van der Waals surface area contributed by atoms with Crippen LogP contribution in [0, 0.1) is 0 Å². The van der Waals surface area contributed by atoms with Crippen LogP contribution in [0.3, 0.4) is 0 Å². The molecule has 2 nitrogen and oxygen atoms in total. The molecule has 2 heteroatoms. The smallest absolute Gasteiger partial charge is 0.0659 e. The lowest BCUT2D eigenvalue weighted by molar-refractivity contribution is 1.03. The fraction of sp³-hybridized carbons (Fsp3) is 0.300. The van der Waals surface area contributed by atoms with Crippen molar-refractivity contribution >= 4 is 17.6 Å². The maximum absolute atomic E-state index is 4.32. The van der Waals surface area contributed by atoms with Gasteiger partial charge in [0.1, 0.15) is 0 Å². The van der Waals surface area contributed by atoms with E-state index in [1.165, 1.54) is 11.3 Å². The molecule has 1 N–H and O–H groups in total. The Morgan fingerprint density at radius 2 is 2.33 bits per heavy atom. The molecule has 1 aromatic rings. The molecule has 0 aliphatic carbocycles. The van der Waals surface area contributed by atoms with Crippen LogP contribution in [0.5, 0.6) is 0 Å². The predicted molar refractivity (Wildman–Crippen MR) is 52.5 cm³/mol. The summed E-state index contributed by atoms with van der Waals surface area (Å²) in [5.74, 6) is 0. The second-order valence-electron chi connectivity index (χ2n) is 2.94. The molecule has 12 heavy (non-hydrogen) atoms. The van der Waals surface area contributed by atoms with Gasteiger partial charge in [-0.3, -0.25) is 4.99 Å². The second-order valence-corrected chi connectivity index (χ2v) is 2.94. The van der Waals surface area contributed by atoms with E-state index in [-0.39, 0.29) is 0 Å². The molecule has 0 saturated carbocycles. The van der Waals surface area contributed by atoms with E-state index in [1.807, 2.05) is 13.3 Å². The molecule has 0 fully saturated rings. The maximum atomic E-state index is 4.32. The SMILES string of the molecule is CNc1ccc2c(c1)CCC=N2. The fourth-order valence-electron chi connectivity index (χ4n) is 1.45. The minimum atomic E-state index is 1.07. The highest BCUT2D eigenvalue weighted by Gasteiger charge is 2.04. The third kappa shape index (κ3) is 1.20. The summed E-state index contributed by atoms with van der Waals surface area (Å²) in [5.41, 5.74) is 3.65. The molecule has 0 bridgehead atoms. The number of aryl methyl sites for hydroxylation is 1. The fourth-order valence-corrected chi connectivity index (χ4v) is 1.45. The van der Waals surface area contributed by atoms with Crippen LogP contribution >= 0.6 is 0 Å². The number of anilines is 1. The van der Waals surface area contributed by atoms with Gasteiger partial charge in [-0.1, -0.05) is 0 Å². The maximum Gasteiger partial charge on any atom is 0.0659 e. The Bertz CT molecular complexity index is 316. The van der Waals surface area contributed by atoms with Gasteiger partial charge in [-0.15, -0.1) is 0 Å². The second kappa shape index (κ2) is 2.97. The van der Waals surface area contributed by atoms with Crippen molar-refractivity contribution in [3.8, 4) is 0 Å². The van der Waals surface area contributed by atoms with E-state index in [4.69, 9.17) is 0 Å². The lowest BCUT2D eigenvalue weighted by atomic mass is 10.0. The van der Waals surface area contributed by atoms with Crippen LogP contribution < -0.4 is 5.32 Å². The summed E-state index contributed by atoms with van der Waals surface area (Å²) in [6, 6.07) is 6.30. The van der Waals surface area contributed by atoms with Gasteiger partial charge < -0.3 is 5.32 Å². The summed E-state index contributed by atoms with van der Waals surface area (Å²) in [6.45, 7) is 0. The summed E-state index contributed by atoms with van der Waals surface area (Å²) in [5, 5.41) is 3.13. The number of rotatable bonds is 1. The van der Waals surface area contributed by atoms with Gasteiger partial charge in [-0.2, -0.15) is 0 Å². The molecule has 2 rings (SSSR count). The summed E-state index contributed by atoms with van der Waals surface area (Å²) in [4.78, 5) is 4.32. The monoisotopic (exact) mass is 160 g/mol. The molecule has 0 spiro atoms. The molecule has 0 aromatic heterocycles. The van der Waals surface area contributed by atoms with Gasteiger partial charge in [-0.05, 0) is 36.6 Å². The molecule has 0 radical (unpaired) electrons. The zero-order chi connectivity index (χ0) is 8.39. The molecule has 0 atom stereocenters. The summed E-state index contributed by atoms with van der Waals surface area (Å²) in [6.07, 6.45) is 4.18. The Kier molecular flexibility index (Phi) is 1.82. The highest BCUT2D eigenvalue weighted by molar-refractivity contribution is 5.70. The lowest BCUT2D eigenvalue weighted by Gasteiger charge is -2.10. The average Bonchev–Trinajstić information content (AvgIpc) is 2.17. The Morgan fingerprint density at radius 1 is 1.42 bits per heavy atom. The van der Waals surface area contributed by atoms with E-state index in [0.717, 1.165) is 18.5 Å². The third-order valence-electron chi connectivity index (χ3n) is 2.14. The molecular weight excluding hydrogens is 148 g/mol. The molecule has 0 saturated heterocycles. The first-order chi connectivity index (χ1) is 5.90. The predicted octanol–water partition coefficient (Wildman–Crippen LogP) is 2.38. The quantitative estimate of drug-likeness (QED) is 0.670. The van der Waals surface area contributed by atoms with Gasteiger partial charge in [0.05, 0.1) is 5.69 Å². The highest BCUT2D eigenvalue weighted by Crippen LogP contribution is 2.26. The van der Waals surface area contributed by atoms with Crippen molar-refractivity contribution < 1.29 is 0 Å². The average molecular weight is 160 g/mol. The Labute approximate surface area is 72.3 Å². The summed E-state index contributed by atoms with van der Waals surface area (Å²) >= 11 is 0. The normalized spacial score (nSPS) is 14.1. The van der Waals surface area contributed by atoms with Crippen molar-refractivity contribution in [1.82, 2.24) is 0 Å². The number of benzene rings is 1. The molecular formula is C10H12N2. The first-order valence-corrected chi connectivity index (χ1v) is 4.23. The van der Waals surface area contributed by atoms with Crippen molar-refractivity contribution in [1.29, 1.82) is 0 Å². The molecule has 1 aromatic carbocycles. The van der Waals surface area contributed by atoms with Gasteiger partial charge >= 0.3 is 0 Å². The van der Waals surface area contributed by atoms with E-state index in [1.54, 1.807) is 0 Å². The zero-order valence-electron chi connectivity index (χ0n) is 7.17. The van der Waals surface area contributed by atoms with Crippen LogP contribution in [0.2, 0.25) is 0 Å². The first-order valence-electron chi connectivity index (χ1n) is 4.23. The molecule has 0 unspecified atom stereocenters. The Morgan fingerprint density at radius 3 is 3.17 bits per heavy atom. The van der Waals surface area contributed by atoms with E-state index in [2.05, 4.69) is 28.5 Å². The number of aliphatic imine (C=N–C) groups is 1. The van der Waals surface area contributed by atoms with E-state index >= 15 is 0 Å². The summed E-state index contributed by atoms with van der Waals surface area (Å²) in [7, 11) is 1.94. The van der Waals surface area contributed by atoms with Gasteiger partial charge in [0.2, 0.25) is 0 Å². The number of fused-ring (bicyclic) bond motifs is 1. The topological polar surface area (TPSA) is 24.4 Å². The van der Waals surface area contributed by atoms with Crippen molar-refractivity contribution in [3.05, 3.63) is 23.8 Å². The number of nitrogens with one attached hydrogen (secondary N) is 1. The molecule has 1 heterocycles. The number of hydrogen-bond acceptors (Lipinski definition) is 2. The zero-order valence-corrected chi connectivity index (χ0v) is 7.17. The minimum Gasteiger partial charge on any atom is -0.388 e. The molecule has 0 amide bonds. The van der Waals surface area contributed by atoms with Crippen LogP contribution in [0.15, 0.2) is 23.2 Å². The number of hydrogen-bond donors (Lipinski definition) is 1. The van der Waals surface area contributed by atoms with Crippen LogP contribution in [-0.2, 0) is 6.42 Å². The third-order valence-corrected chi connectivity index (χ3v) is 2.14. The van der Waals surface area contributed by atoms with Crippen molar-refractivity contribution in [2.45, 2.75) is 12.8 Å². The van der Waals surface area contributed by atoms with Gasteiger partial charge in [-0.25, -0.2) is 0 Å². The molecule has 1 aliphatic heterocycles. The number of nitrogens with zero attached hydrogens (tertiary/aromatic N) is 1. The van der Waals surface area contributed by atoms with E-state index < -0.39 is 0 Å². The van der Waals surface area contributed by atoms with Crippen LogP contribution in [-0.4, -0.2) is 13.3 Å². The van der Waals surface area contributed by atoms with Crippen LogP contribution in [0.1, 0.15) is 12.0 Å². The lowest BCUT2D eigenvalue weighted by Crippen LogP contribution is -1.95. The minimum absolute atomic E-state index is 1.07. The van der Waals surface area contributed by atoms with Gasteiger partial charge in [0, 0.05) is 18.9 Å². The van der Waals surface area contributed by atoms with Crippen LogP contribution in [0.4, 0.5) is 11.4 Å². The molecule has 62 valence electrons. The molecule has 1 aliphatic rings. The van der Waals surface area contributed by atoms with Crippen molar-refractivity contribution in [2.75, 3.05) is 12.4 Å². The van der Waals surface area contributed by atoms with E-state index in [9.17, 15) is 0 Å². The Hall–Kier alpha value is -1.31. The van der Waals surface area contributed by atoms with Crippen LogP contribution in [0.25, 0.3) is 0 Å². The standard InChI is InChI=1S/C10H12N2/c1-11-9-4-5-10-8(7-9)3-2-6-12-10/h4-7,11H,2-3H2,1H3. The first kappa shape index (κ1) is 7.35. The largest absolute Gasteiger partial charge is 0.388 e. The summed E-state index contributed by atoms with van der Waals surface area (Å²) < 4.78 is 0.